The maximum absolute atomic E-state index is 13.9. The largest absolute Gasteiger partial charge is 0.380 e. The van der Waals surface area contributed by atoms with Crippen LogP contribution >= 0.6 is 0 Å². The van der Waals surface area contributed by atoms with Gasteiger partial charge in [-0.2, -0.15) is 0 Å². The highest BCUT2D eigenvalue weighted by atomic mass is 32.2. The van der Waals surface area contributed by atoms with Crippen LogP contribution in [0.3, 0.4) is 0 Å². The van der Waals surface area contributed by atoms with Gasteiger partial charge in [0, 0.05) is 12.3 Å². The zero-order chi connectivity index (χ0) is 14.9. The zero-order valence-electron chi connectivity index (χ0n) is 12.2. The lowest BCUT2D eigenvalue weighted by atomic mass is 9.80. The van der Waals surface area contributed by atoms with Crippen LogP contribution in [0.5, 0.6) is 0 Å². The maximum atomic E-state index is 13.9. The van der Waals surface area contributed by atoms with E-state index in [4.69, 9.17) is 0 Å². The van der Waals surface area contributed by atoms with Crippen LogP contribution in [0.1, 0.15) is 33.1 Å². The summed E-state index contributed by atoms with van der Waals surface area (Å²) in [5.41, 5.74) is 0.291. The molecular weight excluding hydrogens is 277 g/mol. The van der Waals surface area contributed by atoms with Crippen molar-refractivity contribution in [2.24, 2.45) is 11.8 Å². The minimum atomic E-state index is -3.31. The van der Waals surface area contributed by atoms with Crippen LogP contribution < -0.4 is 5.32 Å². The molecule has 0 radical (unpaired) electrons. The Morgan fingerprint density at radius 1 is 1.25 bits per heavy atom. The van der Waals surface area contributed by atoms with Crippen molar-refractivity contribution in [3.05, 3.63) is 24.0 Å². The highest BCUT2D eigenvalue weighted by Gasteiger charge is 2.26. The molecule has 0 saturated heterocycles. The first-order valence-electron chi connectivity index (χ1n) is 7.03. The van der Waals surface area contributed by atoms with Gasteiger partial charge in [0.1, 0.15) is 5.82 Å². The van der Waals surface area contributed by atoms with Crippen LogP contribution in [0.4, 0.5) is 10.1 Å². The topological polar surface area (TPSA) is 46.2 Å². The van der Waals surface area contributed by atoms with Crippen LogP contribution in [-0.2, 0) is 9.84 Å². The molecule has 0 bridgehead atoms. The van der Waals surface area contributed by atoms with E-state index < -0.39 is 15.7 Å². The second-order valence-corrected chi connectivity index (χ2v) is 8.08. The summed E-state index contributed by atoms with van der Waals surface area (Å²) >= 11 is 0. The van der Waals surface area contributed by atoms with Crippen molar-refractivity contribution in [1.29, 1.82) is 0 Å². The minimum absolute atomic E-state index is 0.151. The molecule has 1 aliphatic carbocycles. The molecule has 0 aromatic heterocycles. The third-order valence-electron chi connectivity index (χ3n) is 4.16. The summed E-state index contributed by atoms with van der Waals surface area (Å²) in [7, 11) is -3.31. The third kappa shape index (κ3) is 3.51. The van der Waals surface area contributed by atoms with Crippen LogP contribution in [0.15, 0.2) is 23.1 Å². The number of sulfone groups is 1. The quantitative estimate of drug-likeness (QED) is 0.869. The Bertz CT molecular complexity index is 586. The van der Waals surface area contributed by atoms with Gasteiger partial charge in [-0.3, -0.25) is 0 Å². The standard InChI is InChI=1S/C15H22FNO2S/c1-10-4-5-11(2)14(8-10)17-15-9-12(20(3,18)19)6-7-13(15)16/h6-7,9-11,14,17H,4-5,8H2,1-3H3. The number of halogens is 1. The van der Waals surface area contributed by atoms with E-state index in [-0.39, 0.29) is 10.9 Å². The van der Waals surface area contributed by atoms with Gasteiger partial charge in [-0.05, 0) is 42.9 Å². The van der Waals surface area contributed by atoms with Gasteiger partial charge in [0.05, 0.1) is 10.6 Å². The van der Waals surface area contributed by atoms with E-state index in [1.165, 1.54) is 24.6 Å². The van der Waals surface area contributed by atoms with E-state index in [1.54, 1.807) is 0 Å². The summed E-state index contributed by atoms with van der Waals surface area (Å²) in [5, 5.41) is 3.20. The lowest BCUT2D eigenvalue weighted by molar-refractivity contribution is 0.280. The van der Waals surface area contributed by atoms with E-state index in [1.807, 2.05) is 0 Å². The Kier molecular flexibility index (Phi) is 4.37. The smallest absolute Gasteiger partial charge is 0.175 e. The maximum Gasteiger partial charge on any atom is 0.175 e. The summed E-state index contributed by atoms with van der Waals surface area (Å²) in [5.74, 6) is 0.681. The average molecular weight is 299 g/mol. The van der Waals surface area contributed by atoms with Crippen LogP contribution in [0.2, 0.25) is 0 Å². The monoisotopic (exact) mass is 299 g/mol. The number of hydrogen-bond donors (Lipinski definition) is 1. The molecule has 0 heterocycles. The van der Waals surface area contributed by atoms with Crippen molar-refractivity contribution in [2.45, 2.75) is 44.0 Å². The summed E-state index contributed by atoms with van der Waals surface area (Å²) in [4.78, 5) is 0.151. The second-order valence-electron chi connectivity index (χ2n) is 6.06. The van der Waals surface area contributed by atoms with Crippen LogP contribution in [0.25, 0.3) is 0 Å². The lowest BCUT2D eigenvalue weighted by Gasteiger charge is -2.34. The Balaban J connectivity index is 2.24. The molecule has 3 nitrogen and oxygen atoms in total. The van der Waals surface area contributed by atoms with Gasteiger partial charge in [-0.1, -0.05) is 20.3 Å². The van der Waals surface area contributed by atoms with Gasteiger partial charge in [0.25, 0.3) is 0 Å². The van der Waals surface area contributed by atoms with E-state index in [2.05, 4.69) is 19.2 Å². The van der Waals surface area contributed by atoms with E-state index in [0.29, 0.717) is 17.5 Å². The van der Waals surface area contributed by atoms with E-state index in [9.17, 15) is 12.8 Å². The number of benzene rings is 1. The molecule has 3 unspecified atom stereocenters. The van der Waals surface area contributed by atoms with Gasteiger partial charge in [0.2, 0.25) is 0 Å². The van der Waals surface area contributed by atoms with Gasteiger partial charge in [0.15, 0.2) is 9.84 Å². The SMILES string of the molecule is CC1CCC(C)C(Nc2cc(S(C)(=O)=O)ccc2F)C1. The van der Waals surface area contributed by atoms with Crippen molar-refractivity contribution < 1.29 is 12.8 Å². The van der Waals surface area contributed by atoms with Crippen LogP contribution in [0, 0.1) is 17.7 Å². The number of hydrogen-bond acceptors (Lipinski definition) is 3. The highest BCUT2D eigenvalue weighted by Crippen LogP contribution is 2.31. The molecule has 1 aromatic rings. The first-order chi connectivity index (χ1) is 9.27. The molecule has 112 valence electrons. The predicted octanol–water partition coefficient (Wildman–Crippen LogP) is 3.47. The van der Waals surface area contributed by atoms with Crippen LogP contribution in [-0.4, -0.2) is 20.7 Å². The first kappa shape index (κ1) is 15.3. The first-order valence-corrected chi connectivity index (χ1v) is 8.92. The van der Waals surface area contributed by atoms with Crippen molar-refractivity contribution >= 4 is 15.5 Å². The average Bonchev–Trinajstić information content (AvgIpc) is 2.35. The fourth-order valence-corrected chi connectivity index (χ4v) is 3.43. The molecule has 0 amide bonds. The van der Waals surface area contributed by atoms with Gasteiger partial charge < -0.3 is 5.32 Å². The van der Waals surface area contributed by atoms with Gasteiger partial charge in [-0.25, -0.2) is 12.8 Å². The Labute approximate surface area is 120 Å². The van der Waals surface area contributed by atoms with Gasteiger partial charge >= 0.3 is 0 Å². The number of nitrogens with one attached hydrogen (secondary N) is 1. The molecule has 3 atom stereocenters. The number of rotatable bonds is 3. The molecule has 20 heavy (non-hydrogen) atoms. The molecule has 0 aliphatic heterocycles. The Morgan fingerprint density at radius 2 is 1.95 bits per heavy atom. The van der Waals surface area contributed by atoms with E-state index >= 15 is 0 Å². The van der Waals surface area contributed by atoms with Gasteiger partial charge in [-0.15, -0.1) is 0 Å². The molecular formula is C15H22FNO2S. The van der Waals surface area contributed by atoms with Crippen molar-refractivity contribution in [1.82, 2.24) is 0 Å². The molecule has 1 aromatic carbocycles. The Hall–Kier alpha value is -1.10. The molecule has 1 N–H and O–H groups in total. The van der Waals surface area contributed by atoms with Crippen molar-refractivity contribution in [3.63, 3.8) is 0 Å². The summed E-state index contributed by atoms with van der Waals surface area (Å²) in [6.07, 6.45) is 4.44. The third-order valence-corrected chi connectivity index (χ3v) is 5.28. The molecule has 1 aliphatic rings. The molecule has 1 fully saturated rings. The van der Waals surface area contributed by atoms with Crippen molar-refractivity contribution in [3.8, 4) is 0 Å². The summed E-state index contributed by atoms with van der Waals surface area (Å²) in [6.45, 7) is 4.35. The zero-order valence-corrected chi connectivity index (χ0v) is 13.0. The fourth-order valence-electron chi connectivity index (χ4n) is 2.78. The molecule has 0 spiro atoms. The predicted molar refractivity (Wildman–Crippen MR) is 79.1 cm³/mol. The van der Waals surface area contributed by atoms with Crippen molar-refractivity contribution in [2.75, 3.05) is 11.6 Å². The minimum Gasteiger partial charge on any atom is -0.380 e. The fraction of sp³-hybridized carbons (Fsp3) is 0.600. The second kappa shape index (κ2) is 5.72. The number of anilines is 1. The van der Waals surface area contributed by atoms with E-state index in [0.717, 1.165) is 19.1 Å². The molecule has 2 rings (SSSR count). The highest BCUT2D eigenvalue weighted by molar-refractivity contribution is 7.90. The molecule has 5 heteroatoms. The molecule has 1 saturated carbocycles. The summed E-state index contributed by atoms with van der Waals surface area (Å²) < 4.78 is 37.0. The Morgan fingerprint density at radius 3 is 2.60 bits per heavy atom. The normalized spacial score (nSPS) is 27.3. The summed E-state index contributed by atoms with van der Waals surface area (Å²) in [6, 6.07) is 4.12. The lowest BCUT2D eigenvalue weighted by Crippen LogP contribution is -2.33.